The van der Waals surface area contributed by atoms with Crippen LogP contribution in [0.25, 0.3) is 0 Å². The summed E-state index contributed by atoms with van der Waals surface area (Å²) in [4.78, 5) is 10.6. The van der Waals surface area contributed by atoms with E-state index in [1.54, 1.807) is 13.0 Å². The van der Waals surface area contributed by atoms with Gasteiger partial charge < -0.3 is 9.84 Å². The molecule has 0 unspecified atom stereocenters. The Labute approximate surface area is 106 Å². The van der Waals surface area contributed by atoms with Gasteiger partial charge in [0, 0.05) is 10.9 Å². The number of carboxylic acid groups (broad SMARTS) is 1. The van der Waals surface area contributed by atoms with Crippen LogP contribution in [0.15, 0.2) is 12.1 Å². The van der Waals surface area contributed by atoms with Crippen molar-refractivity contribution in [2.24, 2.45) is 0 Å². The fourth-order valence-corrected chi connectivity index (χ4v) is 1.88. The van der Waals surface area contributed by atoms with Gasteiger partial charge in [-0.25, -0.2) is 0 Å². The van der Waals surface area contributed by atoms with E-state index in [4.69, 9.17) is 5.11 Å². The summed E-state index contributed by atoms with van der Waals surface area (Å²) < 4.78 is 28.7. The number of carboxylic acids is 1. The van der Waals surface area contributed by atoms with Crippen LogP contribution in [0.3, 0.4) is 0 Å². The van der Waals surface area contributed by atoms with E-state index in [1.165, 1.54) is 6.07 Å². The number of hydrogen-bond donors (Lipinski definition) is 1. The first-order chi connectivity index (χ1) is 7.93. The first kappa shape index (κ1) is 13.9. The average molecular weight is 309 g/mol. The Morgan fingerprint density at radius 3 is 2.59 bits per heavy atom. The summed E-state index contributed by atoms with van der Waals surface area (Å²) >= 11 is 3.15. The van der Waals surface area contributed by atoms with Crippen LogP contribution >= 0.6 is 15.9 Å². The van der Waals surface area contributed by atoms with Crippen molar-refractivity contribution >= 4 is 21.9 Å². The summed E-state index contributed by atoms with van der Waals surface area (Å²) in [5, 5.41) is 9.03. The lowest BCUT2D eigenvalue weighted by molar-refractivity contribution is -0.136. The van der Waals surface area contributed by atoms with Gasteiger partial charge in [-0.2, -0.15) is 8.78 Å². The lowest BCUT2D eigenvalue weighted by Crippen LogP contribution is -2.07. The van der Waals surface area contributed by atoms with E-state index in [9.17, 15) is 13.6 Å². The molecule has 0 fully saturated rings. The van der Waals surface area contributed by atoms with E-state index >= 15 is 0 Å². The Bertz CT molecular complexity index is 421. The molecule has 0 saturated heterocycles. The van der Waals surface area contributed by atoms with Crippen molar-refractivity contribution in [1.29, 1.82) is 0 Å². The molecule has 0 heterocycles. The fourth-order valence-electron chi connectivity index (χ4n) is 1.44. The van der Waals surface area contributed by atoms with Crippen LogP contribution in [0.5, 0.6) is 5.75 Å². The molecule has 6 heteroatoms. The van der Waals surface area contributed by atoms with E-state index in [-0.39, 0.29) is 12.2 Å². The zero-order valence-corrected chi connectivity index (χ0v) is 10.6. The Morgan fingerprint density at radius 1 is 1.47 bits per heavy atom. The largest absolute Gasteiger partial charge is 0.481 e. The minimum absolute atomic E-state index is 0.0727. The predicted molar refractivity (Wildman–Crippen MR) is 61.8 cm³/mol. The number of aryl methyl sites for hydroxylation is 1. The highest BCUT2D eigenvalue weighted by Crippen LogP contribution is 2.27. The predicted octanol–water partition coefficient (Wildman–Crippen LogP) is 3.12. The number of hydrogen-bond acceptors (Lipinski definition) is 2. The number of rotatable bonds is 5. The van der Waals surface area contributed by atoms with Gasteiger partial charge in [0.05, 0.1) is 6.42 Å². The number of alkyl halides is 3. The molecule has 1 rings (SSSR count). The van der Waals surface area contributed by atoms with Gasteiger partial charge in [-0.1, -0.05) is 22.0 Å². The van der Waals surface area contributed by atoms with E-state index in [0.717, 1.165) is 0 Å². The van der Waals surface area contributed by atoms with Crippen LogP contribution in [0.4, 0.5) is 8.78 Å². The van der Waals surface area contributed by atoms with Gasteiger partial charge in [0.1, 0.15) is 5.75 Å². The summed E-state index contributed by atoms with van der Waals surface area (Å²) in [6.45, 7) is -1.23. The Kier molecular flexibility index (Phi) is 4.86. The topological polar surface area (TPSA) is 46.5 Å². The van der Waals surface area contributed by atoms with Crippen LogP contribution in [0.2, 0.25) is 0 Å². The van der Waals surface area contributed by atoms with Gasteiger partial charge in [0.25, 0.3) is 0 Å². The third-order valence-electron chi connectivity index (χ3n) is 2.22. The highest BCUT2D eigenvalue weighted by molar-refractivity contribution is 9.08. The second kappa shape index (κ2) is 5.95. The summed E-state index contributed by atoms with van der Waals surface area (Å²) in [7, 11) is 0. The third kappa shape index (κ3) is 3.96. The van der Waals surface area contributed by atoms with Crippen molar-refractivity contribution < 1.29 is 23.4 Å². The molecule has 17 heavy (non-hydrogen) atoms. The normalized spacial score (nSPS) is 10.6. The molecule has 0 atom stereocenters. The third-order valence-corrected chi connectivity index (χ3v) is 2.82. The second-order valence-corrected chi connectivity index (χ2v) is 4.03. The van der Waals surface area contributed by atoms with Crippen molar-refractivity contribution in [2.45, 2.75) is 25.3 Å². The van der Waals surface area contributed by atoms with Gasteiger partial charge in [-0.3, -0.25) is 4.79 Å². The Balaban J connectivity index is 3.10. The molecular weight excluding hydrogens is 298 g/mol. The van der Waals surface area contributed by atoms with Gasteiger partial charge in [0.15, 0.2) is 0 Å². The zero-order chi connectivity index (χ0) is 13.0. The molecular formula is C11H11BrF2O3. The van der Waals surface area contributed by atoms with Crippen molar-refractivity contribution in [3.8, 4) is 5.75 Å². The number of aliphatic carboxylic acids is 1. The van der Waals surface area contributed by atoms with Crippen LogP contribution in [-0.4, -0.2) is 17.7 Å². The minimum Gasteiger partial charge on any atom is -0.481 e. The molecule has 0 radical (unpaired) electrons. The molecule has 3 nitrogen and oxygen atoms in total. The Hall–Kier alpha value is -1.17. The smallest absolute Gasteiger partial charge is 0.387 e. The van der Waals surface area contributed by atoms with Gasteiger partial charge in [-0.05, 0) is 24.1 Å². The zero-order valence-electron chi connectivity index (χ0n) is 9.04. The summed E-state index contributed by atoms with van der Waals surface area (Å²) in [6.07, 6.45) is -0.138. The first-order valence-electron chi connectivity index (χ1n) is 4.79. The maximum atomic E-state index is 12.1. The highest BCUT2D eigenvalue weighted by Gasteiger charge is 2.13. The SMILES string of the molecule is Cc1cc(OC(F)F)c(CBr)cc1CC(=O)O. The standard InChI is InChI=1S/C11H11BrF2O3/c1-6-2-9(17-11(13)14)8(5-12)3-7(6)4-10(15)16/h2-3,11H,4-5H2,1H3,(H,15,16). The fraction of sp³-hybridized carbons (Fsp3) is 0.364. The highest BCUT2D eigenvalue weighted by atomic mass is 79.9. The van der Waals surface area contributed by atoms with Crippen LogP contribution in [0.1, 0.15) is 16.7 Å². The van der Waals surface area contributed by atoms with Crippen molar-refractivity contribution in [3.63, 3.8) is 0 Å². The molecule has 0 bridgehead atoms. The first-order valence-corrected chi connectivity index (χ1v) is 5.91. The molecule has 0 aliphatic heterocycles. The Morgan fingerprint density at radius 2 is 2.12 bits per heavy atom. The van der Waals surface area contributed by atoms with E-state index in [0.29, 0.717) is 22.0 Å². The lowest BCUT2D eigenvalue weighted by Gasteiger charge is -2.12. The van der Waals surface area contributed by atoms with Gasteiger partial charge in [0.2, 0.25) is 0 Å². The molecule has 0 aliphatic carbocycles. The number of ether oxygens (including phenoxy) is 1. The van der Waals surface area contributed by atoms with Gasteiger partial charge >= 0.3 is 12.6 Å². The molecule has 0 saturated carbocycles. The number of halogens is 3. The van der Waals surface area contributed by atoms with Gasteiger partial charge in [-0.15, -0.1) is 0 Å². The van der Waals surface area contributed by atoms with Crippen molar-refractivity contribution in [1.82, 2.24) is 0 Å². The maximum Gasteiger partial charge on any atom is 0.387 e. The van der Waals surface area contributed by atoms with Crippen molar-refractivity contribution in [3.05, 3.63) is 28.8 Å². The van der Waals surface area contributed by atoms with Crippen LogP contribution < -0.4 is 4.74 Å². The molecule has 94 valence electrons. The summed E-state index contributed by atoms with van der Waals surface area (Å²) in [6, 6.07) is 3.00. The molecule has 0 aromatic heterocycles. The monoisotopic (exact) mass is 308 g/mol. The number of carbonyl (C=O) groups is 1. The maximum absolute atomic E-state index is 12.1. The van der Waals surface area contributed by atoms with E-state index in [2.05, 4.69) is 20.7 Å². The van der Waals surface area contributed by atoms with E-state index < -0.39 is 12.6 Å². The lowest BCUT2D eigenvalue weighted by atomic mass is 10.0. The van der Waals surface area contributed by atoms with Crippen molar-refractivity contribution in [2.75, 3.05) is 0 Å². The molecule has 1 aromatic carbocycles. The molecule has 1 N–H and O–H groups in total. The molecule has 0 spiro atoms. The molecule has 1 aromatic rings. The second-order valence-electron chi connectivity index (χ2n) is 3.47. The van der Waals surface area contributed by atoms with E-state index in [1.807, 2.05) is 0 Å². The molecule has 0 amide bonds. The summed E-state index contributed by atoms with van der Waals surface area (Å²) in [5.41, 5.74) is 1.72. The quantitative estimate of drug-likeness (QED) is 0.850. The minimum atomic E-state index is -2.89. The summed E-state index contributed by atoms with van der Waals surface area (Å²) in [5.74, 6) is -0.889. The van der Waals surface area contributed by atoms with Crippen LogP contribution in [0, 0.1) is 6.92 Å². The number of benzene rings is 1. The van der Waals surface area contributed by atoms with Crippen LogP contribution in [-0.2, 0) is 16.5 Å². The average Bonchev–Trinajstić information content (AvgIpc) is 2.20. The molecule has 0 aliphatic rings.